The normalized spacial score (nSPS) is 10.6. The highest BCUT2D eigenvalue weighted by Crippen LogP contribution is 2.22. The molecule has 1 heterocycles. The molecule has 122 valence electrons. The van der Waals surface area contributed by atoms with Crippen molar-refractivity contribution in [2.75, 3.05) is 10.6 Å². The molecule has 0 bridgehead atoms. The predicted molar refractivity (Wildman–Crippen MR) is 96.1 cm³/mol. The van der Waals surface area contributed by atoms with E-state index in [0.29, 0.717) is 17.8 Å². The summed E-state index contributed by atoms with van der Waals surface area (Å²) in [5.41, 5.74) is 4.60. The van der Waals surface area contributed by atoms with Crippen molar-refractivity contribution >= 4 is 34.1 Å². The molecule has 0 saturated carbocycles. The van der Waals surface area contributed by atoms with Crippen LogP contribution >= 0.6 is 0 Å². The summed E-state index contributed by atoms with van der Waals surface area (Å²) >= 11 is 0. The zero-order chi connectivity index (χ0) is 17.1. The fourth-order valence-corrected chi connectivity index (χ4v) is 2.73. The van der Waals surface area contributed by atoms with Gasteiger partial charge in [0.1, 0.15) is 0 Å². The molecular weight excluding hydrogens is 302 g/mol. The molecule has 2 amide bonds. The second-order valence-corrected chi connectivity index (χ2v) is 5.79. The van der Waals surface area contributed by atoms with Crippen molar-refractivity contribution in [2.45, 2.75) is 20.3 Å². The second-order valence-electron chi connectivity index (χ2n) is 5.79. The first-order chi connectivity index (χ1) is 11.5. The number of amides is 2. The molecule has 0 radical (unpaired) electrons. The fraction of sp³-hybridized carbons (Fsp3) is 0.158. The first-order valence-electron chi connectivity index (χ1n) is 7.76. The van der Waals surface area contributed by atoms with Gasteiger partial charge in [-0.2, -0.15) is 0 Å². The van der Waals surface area contributed by atoms with E-state index in [4.69, 9.17) is 0 Å². The number of hydrogen-bond acceptors (Lipinski definition) is 2. The second kappa shape index (κ2) is 6.58. The standard InChI is InChI=1S/C19H19N3O2/c1-12-4-3-5-17-14(11-20-19(12)17)10-18(24)22-16-8-6-15(7-9-16)21-13(2)23/h3-9,11,20H,10H2,1-2H3,(H,21,23)(H,22,24). The number of carbonyl (C=O) groups excluding carboxylic acids is 2. The lowest BCUT2D eigenvalue weighted by molar-refractivity contribution is -0.116. The van der Waals surface area contributed by atoms with Gasteiger partial charge < -0.3 is 15.6 Å². The van der Waals surface area contributed by atoms with Gasteiger partial charge in [0.25, 0.3) is 0 Å². The highest BCUT2D eigenvalue weighted by Gasteiger charge is 2.10. The van der Waals surface area contributed by atoms with E-state index in [1.807, 2.05) is 31.3 Å². The zero-order valence-electron chi connectivity index (χ0n) is 13.6. The summed E-state index contributed by atoms with van der Waals surface area (Å²) in [6.07, 6.45) is 2.19. The third-order valence-corrected chi connectivity index (χ3v) is 3.85. The minimum atomic E-state index is -0.124. The van der Waals surface area contributed by atoms with E-state index in [2.05, 4.69) is 15.6 Å². The number of aromatic amines is 1. The Bertz CT molecular complexity index is 895. The van der Waals surface area contributed by atoms with Crippen molar-refractivity contribution < 1.29 is 9.59 Å². The Hall–Kier alpha value is -3.08. The van der Waals surface area contributed by atoms with Crippen molar-refractivity contribution in [3.8, 4) is 0 Å². The number of nitrogens with one attached hydrogen (secondary N) is 3. The van der Waals surface area contributed by atoms with E-state index in [-0.39, 0.29) is 11.8 Å². The molecule has 0 spiro atoms. The molecule has 1 aromatic heterocycles. The third kappa shape index (κ3) is 3.46. The lowest BCUT2D eigenvalue weighted by Crippen LogP contribution is -2.14. The predicted octanol–water partition coefficient (Wildman–Crippen LogP) is 3.62. The van der Waals surface area contributed by atoms with Gasteiger partial charge in [-0.25, -0.2) is 0 Å². The van der Waals surface area contributed by atoms with E-state index < -0.39 is 0 Å². The Morgan fingerprint density at radius 1 is 1.00 bits per heavy atom. The van der Waals surface area contributed by atoms with E-state index in [1.54, 1.807) is 24.3 Å². The number of rotatable bonds is 4. The molecule has 0 fully saturated rings. The SMILES string of the molecule is CC(=O)Nc1ccc(NC(=O)Cc2c[nH]c3c(C)cccc23)cc1. The van der Waals surface area contributed by atoms with Crippen LogP contribution in [0.25, 0.3) is 10.9 Å². The highest BCUT2D eigenvalue weighted by molar-refractivity contribution is 5.96. The summed E-state index contributed by atoms with van der Waals surface area (Å²) in [5, 5.41) is 6.64. The van der Waals surface area contributed by atoms with Gasteiger partial charge in [-0.3, -0.25) is 9.59 Å². The van der Waals surface area contributed by atoms with Gasteiger partial charge in [0, 0.05) is 35.4 Å². The van der Waals surface area contributed by atoms with Crippen molar-refractivity contribution in [3.63, 3.8) is 0 Å². The largest absolute Gasteiger partial charge is 0.361 e. The van der Waals surface area contributed by atoms with Crippen LogP contribution in [0.5, 0.6) is 0 Å². The number of para-hydroxylation sites is 1. The van der Waals surface area contributed by atoms with Crippen LogP contribution in [-0.4, -0.2) is 16.8 Å². The number of aryl methyl sites for hydroxylation is 1. The Balaban J connectivity index is 1.69. The number of H-pyrrole nitrogens is 1. The van der Waals surface area contributed by atoms with Crippen LogP contribution < -0.4 is 10.6 Å². The lowest BCUT2D eigenvalue weighted by Gasteiger charge is -2.07. The molecule has 0 saturated heterocycles. The first-order valence-corrected chi connectivity index (χ1v) is 7.76. The van der Waals surface area contributed by atoms with Crippen LogP contribution in [0.2, 0.25) is 0 Å². The van der Waals surface area contributed by atoms with Crippen molar-refractivity contribution in [2.24, 2.45) is 0 Å². The molecule has 5 nitrogen and oxygen atoms in total. The molecule has 2 aromatic carbocycles. The van der Waals surface area contributed by atoms with Crippen molar-refractivity contribution in [1.82, 2.24) is 4.98 Å². The molecule has 3 rings (SSSR count). The molecule has 3 aromatic rings. The maximum absolute atomic E-state index is 12.3. The van der Waals surface area contributed by atoms with Gasteiger partial charge >= 0.3 is 0 Å². The number of anilines is 2. The van der Waals surface area contributed by atoms with Gasteiger partial charge in [-0.15, -0.1) is 0 Å². The van der Waals surface area contributed by atoms with Crippen LogP contribution in [0.4, 0.5) is 11.4 Å². The average Bonchev–Trinajstić information content (AvgIpc) is 2.93. The zero-order valence-corrected chi connectivity index (χ0v) is 13.6. The van der Waals surface area contributed by atoms with Gasteiger partial charge in [-0.1, -0.05) is 18.2 Å². The average molecular weight is 321 g/mol. The van der Waals surface area contributed by atoms with E-state index in [9.17, 15) is 9.59 Å². The van der Waals surface area contributed by atoms with Crippen LogP contribution in [0, 0.1) is 6.92 Å². The van der Waals surface area contributed by atoms with E-state index >= 15 is 0 Å². The van der Waals surface area contributed by atoms with Crippen LogP contribution in [-0.2, 0) is 16.0 Å². The summed E-state index contributed by atoms with van der Waals surface area (Å²) in [7, 11) is 0. The summed E-state index contributed by atoms with van der Waals surface area (Å²) in [6, 6.07) is 13.1. The number of fused-ring (bicyclic) bond motifs is 1. The maximum Gasteiger partial charge on any atom is 0.228 e. The monoisotopic (exact) mass is 321 g/mol. The minimum Gasteiger partial charge on any atom is -0.361 e. The summed E-state index contributed by atoms with van der Waals surface area (Å²) in [5.74, 6) is -0.203. The number of carbonyl (C=O) groups is 2. The Morgan fingerprint density at radius 3 is 2.33 bits per heavy atom. The van der Waals surface area contributed by atoms with Crippen molar-refractivity contribution in [3.05, 3.63) is 59.8 Å². The molecule has 0 aliphatic carbocycles. The van der Waals surface area contributed by atoms with Crippen LogP contribution in [0.15, 0.2) is 48.7 Å². The molecule has 3 N–H and O–H groups in total. The molecule has 0 atom stereocenters. The van der Waals surface area contributed by atoms with Gasteiger partial charge in [0.05, 0.1) is 6.42 Å². The third-order valence-electron chi connectivity index (χ3n) is 3.85. The Labute approximate surface area is 140 Å². The topological polar surface area (TPSA) is 74.0 Å². The van der Waals surface area contributed by atoms with Gasteiger partial charge in [0.15, 0.2) is 0 Å². The highest BCUT2D eigenvalue weighted by atomic mass is 16.2. The molecule has 0 aliphatic rings. The number of hydrogen-bond donors (Lipinski definition) is 3. The lowest BCUT2D eigenvalue weighted by atomic mass is 10.1. The summed E-state index contributed by atoms with van der Waals surface area (Å²) in [4.78, 5) is 26.5. The molecule has 5 heteroatoms. The maximum atomic E-state index is 12.3. The molecule has 0 unspecified atom stereocenters. The van der Waals surface area contributed by atoms with E-state index in [1.165, 1.54) is 6.92 Å². The van der Waals surface area contributed by atoms with Gasteiger partial charge in [-0.05, 0) is 42.3 Å². The molecule has 0 aliphatic heterocycles. The van der Waals surface area contributed by atoms with Crippen LogP contribution in [0.3, 0.4) is 0 Å². The molecule has 24 heavy (non-hydrogen) atoms. The fourth-order valence-electron chi connectivity index (χ4n) is 2.73. The molecular formula is C19H19N3O2. The number of benzene rings is 2. The first kappa shape index (κ1) is 15.8. The summed E-state index contributed by atoms with van der Waals surface area (Å²) in [6.45, 7) is 3.50. The van der Waals surface area contributed by atoms with Gasteiger partial charge in [0.2, 0.25) is 11.8 Å². The van der Waals surface area contributed by atoms with Crippen molar-refractivity contribution in [1.29, 1.82) is 0 Å². The smallest absolute Gasteiger partial charge is 0.228 e. The number of aromatic nitrogens is 1. The Kier molecular flexibility index (Phi) is 4.33. The Morgan fingerprint density at radius 2 is 1.67 bits per heavy atom. The van der Waals surface area contributed by atoms with E-state index in [0.717, 1.165) is 22.0 Å². The quantitative estimate of drug-likeness (QED) is 0.686. The minimum absolute atomic E-state index is 0.0790. The van der Waals surface area contributed by atoms with Crippen LogP contribution in [0.1, 0.15) is 18.1 Å². The summed E-state index contributed by atoms with van der Waals surface area (Å²) < 4.78 is 0.